The summed E-state index contributed by atoms with van der Waals surface area (Å²) >= 11 is 0. The van der Waals surface area contributed by atoms with E-state index >= 15 is 0 Å². The van der Waals surface area contributed by atoms with Gasteiger partial charge in [0.2, 0.25) is 0 Å². The molecule has 2 rings (SSSR count). The molecule has 1 fully saturated rings. The highest BCUT2D eigenvalue weighted by Gasteiger charge is 2.21. The first-order valence-electron chi connectivity index (χ1n) is 3.60. The minimum absolute atomic E-state index is 0.258. The largest absolute Gasteiger partial charge is 0.337 e. The van der Waals surface area contributed by atoms with E-state index in [1.54, 1.807) is 0 Å². The summed E-state index contributed by atoms with van der Waals surface area (Å²) in [6.07, 6.45) is 1.01. The van der Waals surface area contributed by atoms with Gasteiger partial charge in [-0.05, 0) is 11.6 Å². The molecular weight excluding hydrogens is 144 g/mol. The number of aromatic nitrogens is 4. The Labute approximate surface area is 63.8 Å². The third-order valence-electron chi connectivity index (χ3n) is 1.84. The molecule has 0 radical (unpaired) electrons. The molecule has 0 amide bonds. The fourth-order valence-electron chi connectivity index (χ4n) is 1.26. The molecule has 1 aromatic heterocycles. The average Bonchev–Trinajstić information content (AvgIpc) is 2.55. The van der Waals surface area contributed by atoms with Crippen LogP contribution in [-0.4, -0.2) is 39.8 Å². The molecule has 6 nitrogen and oxygen atoms in total. The van der Waals surface area contributed by atoms with E-state index in [9.17, 15) is 0 Å². The van der Waals surface area contributed by atoms with E-state index in [2.05, 4.69) is 20.6 Å². The molecule has 1 aromatic rings. The minimum Gasteiger partial charge on any atom is -0.337 e. The predicted octanol–water partition coefficient (Wildman–Crippen LogP) is -1.26. The zero-order chi connectivity index (χ0) is 7.68. The molecule has 0 aliphatic carbocycles. The maximum Gasteiger partial charge on any atom is 0.265 e. The van der Waals surface area contributed by atoms with Crippen molar-refractivity contribution in [1.82, 2.24) is 20.6 Å². The van der Waals surface area contributed by atoms with Gasteiger partial charge < -0.3 is 10.6 Å². The highest BCUT2D eigenvalue weighted by atomic mass is 15.5. The quantitative estimate of drug-likeness (QED) is 0.527. The Balaban J connectivity index is 2.08. The molecule has 0 bridgehead atoms. The van der Waals surface area contributed by atoms with Gasteiger partial charge >= 0.3 is 0 Å². The number of hydrogen-bond donors (Lipinski definition) is 2. The van der Waals surface area contributed by atoms with Gasteiger partial charge in [-0.2, -0.15) is 5.21 Å². The van der Waals surface area contributed by atoms with Crippen molar-refractivity contribution in [3.8, 4) is 0 Å². The normalized spacial score (nSPS) is 24.5. The van der Waals surface area contributed by atoms with E-state index in [4.69, 9.17) is 5.73 Å². The topological polar surface area (TPSA) is 83.7 Å². The summed E-state index contributed by atoms with van der Waals surface area (Å²) < 4.78 is 0. The second-order valence-corrected chi connectivity index (χ2v) is 2.71. The smallest absolute Gasteiger partial charge is 0.265 e. The molecule has 1 aliphatic heterocycles. The van der Waals surface area contributed by atoms with Gasteiger partial charge in [0.25, 0.3) is 5.95 Å². The monoisotopic (exact) mass is 154 g/mol. The molecule has 2 heterocycles. The maximum atomic E-state index is 5.70. The number of tetrazole rings is 1. The van der Waals surface area contributed by atoms with Crippen LogP contribution >= 0.6 is 0 Å². The van der Waals surface area contributed by atoms with E-state index in [1.165, 1.54) is 0 Å². The molecule has 1 saturated heterocycles. The van der Waals surface area contributed by atoms with Gasteiger partial charge in [-0.25, -0.2) is 0 Å². The van der Waals surface area contributed by atoms with Crippen molar-refractivity contribution in [2.24, 2.45) is 5.73 Å². The molecule has 60 valence electrons. The van der Waals surface area contributed by atoms with E-state index in [0.29, 0.717) is 5.95 Å². The molecule has 1 aliphatic rings. The third kappa shape index (κ3) is 1.16. The summed E-state index contributed by atoms with van der Waals surface area (Å²) in [5, 5.41) is 13.6. The number of aromatic amines is 1. The van der Waals surface area contributed by atoms with Crippen LogP contribution in [0.2, 0.25) is 0 Å². The SMILES string of the molecule is NC1CCN(c2nn[nH]n2)C1. The number of nitrogens with two attached hydrogens (primary N) is 1. The number of nitrogens with one attached hydrogen (secondary N) is 1. The van der Waals surface area contributed by atoms with Gasteiger partial charge in [-0.1, -0.05) is 5.10 Å². The molecule has 1 atom stereocenters. The van der Waals surface area contributed by atoms with Crippen LogP contribution in [0.15, 0.2) is 0 Å². The van der Waals surface area contributed by atoms with Gasteiger partial charge in [-0.3, -0.25) is 0 Å². The van der Waals surface area contributed by atoms with Crippen LogP contribution < -0.4 is 10.6 Å². The van der Waals surface area contributed by atoms with Gasteiger partial charge in [0.05, 0.1) is 0 Å². The Kier molecular flexibility index (Phi) is 1.46. The zero-order valence-corrected chi connectivity index (χ0v) is 6.06. The van der Waals surface area contributed by atoms with Crippen LogP contribution in [0.4, 0.5) is 5.95 Å². The van der Waals surface area contributed by atoms with Crippen molar-refractivity contribution < 1.29 is 0 Å². The first kappa shape index (κ1) is 6.53. The van der Waals surface area contributed by atoms with Crippen LogP contribution in [0.25, 0.3) is 0 Å². The predicted molar refractivity (Wildman–Crippen MR) is 39.0 cm³/mol. The van der Waals surface area contributed by atoms with Crippen molar-refractivity contribution >= 4 is 5.95 Å². The van der Waals surface area contributed by atoms with Crippen LogP contribution in [0.5, 0.6) is 0 Å². The van der Waals surface area contributed by atoms with Crippen molar-refractivity contribution in [3.63, 3.8) is 0 Å². The Morgan fingerprint density at radius 2 is 2.55 bits per heavy atom. The number of hydrogen-bond acceptors (Lipinski definition) is 5. The fraction of sp³-hybridized carbons (Fsp3) is 0.800. The lowest BCUT2D eigenvalue weighted by Crippen LogP contribution is -2.26. The second kappa shape index (κ2) is 2.46. The van der Waals surface area contributed by atoms with Crippen LogP contribution in [-0.2, 0) is 0 Å². The van der Waals surface area contributed by atoms with Crippen LogP contribution in [0.1, 0.15) is 6.42 Å². The minimum atomic E-state index is 0.258. The summed E-state index contributed by atoms with van der Waals surface area (Å²) in [7, 11) is 0. The first-order chi connectivity index (χ1) is 5.36. The van der Waals surface area contributed by atoms with E-state index < -0.39 is 0 Å². The molecule has 1 unspecified atom stereocenters. The Bertz CT molecular complexity index is 219. The molecular formula is C5H10N6. The number of rotatable bonds is 1. The van der Waals surface area contributed by atoms with E-state index in [-0.39, 0.29) is 6.04 Å². The van der Waals surface area contributed by atoms with Crippen LogP contribution in [0, 0.1) is 0 Å². The lowest BCUT2D eigenvalue weighted by Gasteiger charge is -2.10. The summed E-state index contributed by atoms with van der Waals surface area (Å²) in [5.41, 5.74) is 5.70. The molecule has 6 heteroatoms. The lowest BCUT2D eigenvalue weighted by atomic mass is 10.3. The lowest BCUT2D eigenvalue weighted by molar-refractivity contribution is 0.750. The summed E-state index contributed by atoms with van der Waals surface area (Å²) in [5.74, 6) is 0.651. The van der Waals surface area contributed by atoms with E-state index in [0.717, 1.165) is 19.5 Å². The van der Waals surface area contributed by atoms with Gasteiger partial charge in [0.1, 0.15) is 0 Å². The van der Waals surface area contributed by atoms with Gasteiger partial charge in [0.15, 0.2) is 0 Å². The fourth-order valence-corrected chi connectivity index (χ4v) is 1.26. The first-order valence-corrected chi connectivity index (χ1v) is 3.60. The third-order valence-corrected chi connectivity index (χ3v) is 1.84. The molecule has 0 aromatic carbocycles. The number of nitrogens with zero attached hydrogens (tertiary/aromatic N) is 4. The Hall–Kier alpha value is -1.17. The highest BCUT2D eigenvalue weighted by molar-refractivity contribution is 5.28. The molecule has 11 heavy (non-hydrogen) atoms. The molecule has 3 N–H and O–H groups in total. The maximum absolute atomic E-state index is 5.70. The van der Waals surface area contributed by atoms with Crippen molar-refractivity contribution in [1.29, 1.82) is 0 Å². The van der Waals surface area contributed by atoms with Crippen molar-refractivity contribution in [2.75, 3.05) is 18.0 Å². The molecule has 0 spiro atoms. The van der Waals surface area contributed by atoms with E-state index in [1.807, 2.05) is 4.90 Å². The Morgan fingerprint density at radius 3 is 3.09 bits per heavy atom. The number of H-pyrrole nitrogens is 1. The summed E-state index contributed by atoms with van der Waals surface area (Å²) in [6.45, 7) is 1.76. The van der Waals surface area contributed by atoms with Crippen LogP contribution in [0.3, 0.4) is 0 Å². The van der Waals surface area contributed by atoms with Crippen molar-refractivity contribution in [2.45, 2.75) is 12.5 Å². The van der Waals surface area contributed by atoms with Gasteiger partial charge in [-0.15, -0.1) is 5.10 Å². The average molecular weight is 154 g/mol. The number of anilines is 1. The molecule has 0 saturated carbocycles. The second-order valence-electron chi connectivity index (χ2n) is 2.71. The van der Waals surface area contributed by atoms with Crippen molar-refractivity contribution in [3.05, 3.63) is 0 Å². The summed E-state index contributed by atoms with van der Waals surface area (Å²) in [6, 6.07) is 0.258. The summed E-state index contributed by atoms with van der Waals surface area (Å²) in [4.78, 5) is 2.02. The Morgan fingerprint density at radius 1 is 1.64 bits per heavy atom. The van der Waals surface area contributed by atoms with Gasteiger partial charge in [0, 0.05) is 19.1 Å². The standard InChI is InChI=1S/C5H10N6/c6-4-1-2-11(3-4)5-7-9-10-8-5/h4H,1-3,6H2,(H,7,8,9,10). The zero-order valence-electron chi connectivity index (χ0n) is 6.06. The highest BCUT2D eigenvalue weighted by Crippen LogP contribution is 2.12.